The number of hydrogen-bond acceptors (Lipinski definition) is 2. The van der Waals surface area contributed by atoms with E-state index in [0.717, 1.165) is 11.4 Å². The SMILES string of the molecule is [c]1n[nH]c(-c2ccccc2)n1. The van der Waals surface area contributed by atoms with E-state index in [1.807, 2.05) is 30.3 Å². The molecular formula is C8H6N3. The van der Waals surface area contributed by atoms with Gasteiger partial charge in [-0.1, -0.05) is 30.3 Å². The van der Waals surface area contributed by atoms with E-state index in [4.69, 9.17) is 0 Å². The summed E-state index contributed by atoms with van der Waals surface area (Å²) in [5.41, 5.74) is 1.03. The van der Waals surface area contributed by atoms with Gasteiger partial charge in [0.2, 0.25) is 6.33 Å². The van der Waals surface area contributed by atoms with Crippen molar-refractivity contribution in [2.24, 2.45) is 0 Å². The van der Waals surface area contributed by atoms with Crippen LogP contribution in [-0.2, 0) is 0 Å². The third-order valence-corrected chi connectivity index (χ3v) is 1.42. The second kappa shape index (κ2) is 2.54. The topological polar surface area (TPSA) is 41.6 Å². The zero-order valence-electron chi connectivity index (χ0n) is 5.78. The maximum absolute atomic E-state index is 3.89. The molecule has 0 aliphatic rings. The number of nitrogens with zero attached hydrogens (tertiary/aromatic N) is 2. The normalized spacial score (nSPS) is 9.82. The van der Waals surface area contributed by atoms with Crippen molar-refractivity contribution in [1.29, 1.82) is 0 Å². The van der Waals surface area contributed by atoms with Crippen molar-refractivity contribution in [3.05, 3.63) is 36.7 Å². The smallest absolute Gasteiger partial charge is 0.221 e. The van der Waals surface area contributed by atoms with Crippen molar-refractivity contribution in [2.45, 2.75) is 0 Å². The van der Waals surface area contributed by atoms with E-state index in [-0.39, 0.29) is 0 Å². The van der Waals surface area contributed by atoms with Gasteiger partial charge < -0.3 is 0 Å². The summed E-state index contributed by atoms with van der Waals surface area (Å²) in [5.74, 6) is 0.755. The van der Waals surface area contributed by atoms with Crippen molar-refractivity contribution in [3.63, 3.8) is 0 Å². The lowest BCUT2D eigenvalue weighted by atomic mass is 10.2. The van der Waals surface area contributed by atoms with Gasteiger partial charge in [0.25, 0.3) is 0 Å². The number of aromatic nitrogens is 3. The molecule has 0 bridgehead atoms. The van der Waals surface area contributed by atoms with E-state index in [2.05, 4.69) is 21.5 Å². The fraction of sp³-hybridized carbons (Fsp3) is 0. The quantitative estimate of drug-likeness (QED) is 0.654. The van der Waals surface area contributed by atoms with Crippen LogP contribution < -0.4 is 0 Å². The molecule has 0 atom stereocenters. The molecule has 1 aromatic carbocycles. The number of hydrogen-bond donors (Lipinski definition) is 1. The predicted molar refractivity (Wildman–Crippen MR) is 40.7 cm³/mol. The highest BCUT2D eigenvalue weighted by atomic mass is 15.2. The van der Waals surface area contributed by atoms with Gasteiger partial charge >= 0.3 is 0 Å². The number of aromatic amines is 1. The van der Waals surface area contributed by atoms with Crippen LogP contribution in [0.25, 0.3) is 11.4 Å². The van der Waals surface area contributed by atoms with Crippen LogP contribution in [0, 0.1) is 6.33 Å². The summed E-state index contributed by atoms with van der Waals surface area (Å²) in [5, 5.41) is 6.37. The van der Waals surface area contributed by atoms with E-state index < -0.39 is 0 Å². The molecule has 1 N–H and O–H groups in total. The van der Waals surface area contributed by atoms with Gasteiger partial charge in [-0.2, -0.15) is 0 Å². The summed E-state index contributed by atoms with van der Waals surface area (Å²) < 4.78 is 0. The highest BCUT2D eigenvalue weighted by Gasteiger charge is 1.96. The van der Waals surface area contributed by atoms with Crippen molar-refractivity contribution in [2.75, 3.05) is 0 Å². The minimum absolute atomic E-state index is 0.755. The lowest BCUT2D eigenvalue weighted by molar-refractivity contribution is 1.09. The number of nitrogens with one attached hydrogen (secondary N) is 1. The molecule has 1 heterocycles. The van der Waals surface area contributed by atoms with E-state index in [1.54, 1.807) is 0 Å². The molecule has 53 valence electrons. The van der Waals surface area contributed by atoms with Crippen LogP contribution in [-0.4, -0.2) is 15.2 Å². The maximum atomic E-state index is 3.89. The predicted octanol–water partition coefficient (Wildman–Crippen LogP) is 1.27. The lowest BCUT2D eigenvalue weighted by Gasteiger charge is -1.91. The van der Waals surface area contributed by atoms with Crippen molar-refractivity contribution in [3.8, 4) is 11.4 Å². The Morgan fingerprint density at radius 1 is 1.18 bits per heavy atom. The third kappa shape index (κ3) is 1.12. The largest absolute Gasteiger partial charge is 0.259 e. The molecule has 3 nitrogen and oxygen atoms in total. The Labute approximate surface area is 64.1 Å². The zero-order valence-corrected chi connectivity index (χ0v) is 5.78. The van der Waals surface area contributed by atoms with Gasteiger partial charge in [0, 0.05) is 5.56 Å². The molecule has 11 heavy (non-hydrogen) atoms. The van der Waals surface area contributed by atoms with Gasteiger partial charge in [-0.25, -0.2) is 4.98 Å². The minimum atomic E-state index is 0.755. The molecule has 0 saturated heterocycles. The first kappa shape index (κ1) is 6.09. The molecule has 0 unspecified atom stereocenters. The Balaban J connectivity index is 2.46. The Morgan fingerprint density at radius 3 is 2.64 bits per heavy atom. The summed E-state index contributed by atoms with van der Waals surface area (Å²) in [6, 6.07) is 9.81. The van der Waals surface area contributed by atoms with Crippen LogP contribution >= 0.6 is 0 Å². The van der Waals surface area contributed by atoms with Crippen molar-refractivity contribution in [1.82, 2.24) is 15.2 Å². The maximum Gasteiger partial charge on any atom is 0.221 e. The Bertz CT molecular complexity index is 312. The van der Waals surface area contributed by atoms with E-state index in [0.29, 0.717) is 0 Å². The van der Waals surface area contributed by atoms with Gasteiger partial charge in [0.1, 0.15) is 0 Å². The molecule has 0 saturated carbocycles. The zero-order chi connectivity index (χ0) is 7.52. The molecule has 1 radical (unpaired) electrons. The first-order chi connectivity index (χ1) is 5.47. The first-order valence-electron chi connectivity index (χ1n) is 3.31. The summed E-state index contributed by atoms with van der Waals surface area (Å²) in [6.45, 7) is 0. The molecule has 2 rings (SSSR count). The van der Waals surface area contributed by atoms with Crippen LogP contribution in [0.4, 0.5) is 0 Å². The van der Waals surface area contributed by atoms with E-state index in [1.165, 1.54) is 0 Å². The second-order valence-electron chi connectivity index (χ2n) is 2.15. The molecule has 0 fully saturated rings. The highest BCUT2D eigenvalue weighted by Crippen LogP contribution is 2.10. The van der Waals surface area contributed by atoms with Crippen LogP contribution in [0.2, 0.25) is 0 Å². The third-order valence-electron chi connectivity index (χ3n) is 1.42. The van der Waals surface area contributed by atoms with Gasteiger partial charge in [-0.15, -0.1) is 5.10 Å². The standard InChI is InChI=1S/C8H6N3/c1-2-4-7(5-3-1)8-9-6-10-11-8/h1-5H,(H,9,10,11). The lowest BCUT2D eigenvalue weighted by Crippen LogP contribution is -1.78. The molecule has 3 heteroatoms. The fourth-order valence-electron chi connectivity index (χ4n) is 0.903. The summed E-state index contributed by atoms with van der Waals surface area (Å²) in [4.78, 5) is 3.89. The Morgan fingerprint density at radius 2 is 2.00 bits per heavy atom. The number of rotatable bonds is 1. The fourth-order valence-corrected chi connectivity index (χ4v) is 0.903. The molecule has 0 aliphatic carbocycles. The summed E-state index contributed by atoms with van der Waals surface area (Å²) >= 11 is 0. The molecule has 1 aromatic heterocycles. The van der Waals surface area contributed by atoms with Gasteiger partial charge in [0.15, 0.2) is 5.82 Å². The number of H-pyrrole nitrogens is 1. The molecule has 0 aliphatic heterocycles. The van der Waals surface area contributed by atoms with Gasteiger partial charge in [0.05, 0.1) is 0 Å². The van der Waals surface area contributed by atoms with Crippen LogP contribution in [0.5, 0.6) is 0 Å². The molecule has 0 amide bonds. The van der Waals surface area contributed by atoms with E-state index >= 15 is 0 Å². The Kier molecular flexibility index (Phi) is 1.41. The summed E-state index contributed by atoms with van der Waals surface area (Å²) in [6.07, 6.45) is 2.47. The average Bonchev–Trinajstić information content (AvgIpc) is 2.58. The summed E-state index contributed by atoms with van der Waals surface area (Å²) in [7, 11) is 0. The minimum Gasteiger partial charge on any atom is -0.259 e. The highest BCUT2D eigenvalue weighted by molar-refractivity contribution is 5.53. The monoisotopic (exact) mass is 144 g/mol. The molecule has 0 spiro atoms. The Hall–Kier alpha value is -1.64. The van der Waals surface area contributed by atoms with Crippen LogP contribution in [0.3, 0.4) is 0 Å². The number of benzene rings is 1. The second-order valence-corrected chi connectivity index (χ2v) is 2.15. The van der Waals surface area contributed by atoms with Crippen molar-refractivity contribution >= 4 is 0 Å². The molecular weight excluding hydrogens is 138 g/mol. The van der Waals surface area contributed by atoms with Crippen LogP contribution in [0.1, 0.15) is 0 Å². The molecule has 2 aromatic rings. The van der Waals surface area contributed by atoms with Crippen molar-refractivity contribution < 1.29 is 0 Å². The van der Waals surface area contributed by atoms with Crippen LogP contribution in [0.15, 0.2) is 30.3 Å². The first-order valence-corrected chi connectivity index (χ1v) is 3.31. The average molecular weight is 144 g/mol. The van der Waals surface area contributed by atoms with E-state index in [9.17, 15) is 0 Å². The van der Waals surface area contributed by atoms with Gasteiger partial charge in [-0.05, 0) is 0 Å². The van der Waals surface area contributed by atoms with Gasteiger partial charge in [-0.3, -0.25) is 5.10 Å².